The number of hydrogen-bond donors (Lipinski definition) is 2. The van der Waals surface area contributed by atoms with Gasteiger partial charge in [0.15, 0.2) is 6.61 Å². The molecule has 34 heavy (non-hydrogen) atoms. The number of imidazole rings is 1. The predicted octanol–water partition coefficient (Wildman–Crippen LogP) is 6.70. The number of aromatic nitrogens is 2. The summed E-state index contributed by atoms with van der Waals surface area (Å²) in [6.45, 7) is 1.64. The topological polar surface area (TPSA) is 58.1 Å². The van der Waals surface area contributed by atoms with Crippen molar-refractivity contribution in [3.05, 3.63) is 72.3 Å². The lowest BCUT2D eigenvalue weighted by molar-refractivity contribution is -0.290. The van der Waals surface area contributed by atoms with Crippen molar-refractivity contribution in [2.24, 2.45) is 0 Å². The fraction of sp³-hybridized carbons (Fsp3) is 0.240. The van der Waals surface area contributed by atoms with Crippen LogP contribution >= 0.6 is 0 Å². The molecule has 0 aliphatic heterocycles. The number of fused-ring (bicyclic) bond motifs is 1. The highest BCUT2D eigenvalue weighted by atomic mass is 19.4. The molecule has 0 amide bonds. The molecule has 0 radical (unpaired) electrons. The Morgan fingerprint density at radius 3 is 2.18 bits per heavy atom. The van der Waals surface area contributed by atoms with Gasteiger partial charge in [0.1, 0.15) is 11.6 Å². The molecule has 9 heteroatoms. The Kier molecular flexibility index (Phi) is 5.85. The van der Waals surface area contributed by atoms with Crippen LogP contribution in [0.5, 0.6) is 5.75 Å². The minimum atomic E-state index is -5.67. The summed E-state index contributed by atoms with van der Waals surface area (Å²) in [6, 6.07) is 18.8. The predicted molar refractivity (Wildman–Crippen MR) is 119 cm³/mol. The van der Waals surface area contributed by atoms with Crippen molar-refractivity contribution in [2.75, 3.05) is 6.61 Å². The smallest absolute Gasteiger partial charge is 0.456 e. The van der Waals surface area contributed by atoms with Crippen LogP contribution < -0.4 is 4.74 Å². The van der Waals surface area contributed by atoms with Gasteiger partial charge in [0.2, 0.25) is 0 Å². The van der Waals surface area contributed by atoms with Gasteiger partial charge in [-0.2, -0.15) is 22.0 Å². The molecule has 0 aliphatic carbocycles. The molecule has 0 atom stereocenters. The van der Waals surface area contributed by atoms with Crippen LogP contribution in [0.1, 0.15) is 19.4 Å². The number of rotatable bonds is 6. The normalized spacial score (nSPS) is 12.8. The van der Waals surface area contributed by atoms with E-state index in [0.717, 1.165) is 22.2 Å². The molecule has 0 aliphatic rings. The van der Waals surface area contributed by atoms with Crippen LogP contribution in [0.2, 0.25) is 0 Å². The van der Waals surface area contributed by atoms with Gasteiger partial charge in [0.25, 0.3) is 0 Å². The van der Waals surface area contributed by atoms with Crippen LogP contribution in [0.3, 0.4) is 0 Å². The lowest BCUT2D eigenvalue weighted by Crippen LogP contribution is -2.41. The first-order valence-corrected chi connectivity index (χ1v) is 10.3. The number of aliphatic hydroxyl groups is 1. The van der Waals surface area contributed by atoms with E-state index in [-0.39, 0.29) is 5.75 Å². The minimum absolute atomic E-state index is 0.116. The average molecular weight is 476 g/mol. The van der Waals surface area contributed by atoms with Crippen LogP contribution in [0, 0.1) is 0 Å². The number of halogens is 5. The zero-order valence-corrected chi connectivity index (χ0v) is 18.3. The van der Waals surface area contributed by atoms with Crippen molar-refractivity contribution in [1.82, 2.24) is 9.97 Å². The van der Waals surface area contributed by atoms with Gasteiger partial charge in [-0.1, -0.05) is 30.3 Å². The molecule has 3 aromatic carbocycles. The molecule has 4 rings (SSSR count). The van der Waals surface area contributed by atoms with Gasteiger partial charge < -0.3 is 14.8 Å². The van der Waals surface area contributed by atoms with Crippen molar-refractivity contribution in [1.29, 1.82) is 0 Å². The summed E-state index contributed by atoms with van der Waals surface area (Å²) in [5, 5.41) is 10.5. The molecule has 0 unspecified atom stereocenters. The van der Waals surface area contributed by atoms with Crippen molar-refractivity contribution in [3.8, 4) is 28.3 Å². The van der Waals surface area contributed by atoms with Crippen LogP contribution in [-0.4, -0.2) is 33.8 Å². The zero-order valence-electron chi connectivity index (χ0n) is 18.3. The van der Waals surface area contributed by atoms with E-state index in [1.807, 2.05) is 42.5 Å². The molecular weight excluding hydrogens is 455 g/mol. The minimum Gasteiger partial charge on any atom is -0.487 e. The van der Waals surface area contributed by atoms with E-state index in [0.29, 0.717) is 16.9 Å². The number of benzene rings is 3. The number of hydrogen-bond acceptors (Lipinski definition) is 3. The van der Waals surface area contributed by atoms with E-state index in [1.54, 1.807) is 13.8 Å². The van der Waals surface area contributed by atoms with E-state index in [2.05, 4.69) is 14.7 Å². The number of aromatic amines is 1. The van der Waals surface area contributed by atoms with Crippen LogP contribution in [-0.2, 0) is 5.60 Å². The Balaban J connectivity index is 1.58. The third kappa shape index (κ3) is 4.75. The standard InChI is InChI=1S/C25H21F5N2O2/c1-23(2,33)19-6-4-3-5-18(19)16-9-12-20-21(13-16)32-22(31-20)15-7-10-17(11-8-15)34-14-24(26,27)25(28,29)30/h3-13,33H,14H2,1-2H3,(H,31,32). The van der Waals surface area contributed by atoms with Gasteiger partial charge >= 0.3 is 12.1 Å². The van der Waals surface area contributed by atoms with E-state index in [1.165, 1.54) is 24.3 Å². The molecule has 0 bridgehead atoms. The van der Waals surface area contributed by atoms with E-state index in [4.69, 9.17) is 0 Å². The fourth-order valence-corrected chi connectivity index (χ4v) is 3.55. The lowest BCUT2D eigenvalue weighted by Gasteiger charge is -2.21. The molecule has 0 fully saturated rings. The number of nitrogens with zero attached hydrogens (tertiary/aromatic N) is 1. The molecule has 1 aromatic heterocycles. The van der Waals surface area contributed by atoms with Gasteiger partial charge in [-0.05, 0) is 66.9 Å². The first-order valence-electron chi connectivity index (χ1n) is 10.3. The number of nitrogens with one attached hydrogen (secondary N) is 1. The molecular formula is C25H21F5N2O2. The largest absolute Gasteiger partial charge is 0.487 e. The highest BCUT2D eigenvalue weighted by molar-refractivity contribution is 5.85. The Bertz CT molecular complexity index is 1310. The molecule has 178 valence electrons. The Hall–Kier alpha value is -3.46. The number of alkyl halides is 5. The van der Waals surface area contributed by atoms with E-state index < -0.39 is 24.3 Å². The van der Waals surface area contributed by atoms with Crippen molar-refractivity contribution < 1.29 is 31.8 Å². The average Bonchev–Trinajstić information content (AvgIpc) is 3.20. The van der Waals surface area contributed by atoms with Gasteiger partial charge in [0, 0.05) is 5.56 Å². The Labute approximate surface area is 192 Å². The van der Waals surface area contributed by atoms with Gasteiger partial charge in [-0.25, -0.2) is 4.98 Å². The summed E-state index contributed by atoms with van der Waals surface area (Å²) >= 11 is 0. The number of ether oxygens (including phenoxy) is 1. The SMILES string of the molecule is CC(C)(O)c1ccccc1-c1ccc2nc(-c3ccc(OCC(F)(F)C(F)(F)F)cc3)[nH]c2c1. The van der Waals surface area contributed by atoms with Gasteiger partial charge in [0.05, 0.1) is 16.6 Å². The first-order chi connectivity index (χ1) is 15.8. The summed E-state index contributed by atoms with van der Waals surface area (Å²) in [7, 11) is 0. The van der Waals surface area contributed by atoms with Crippen LogP contribution in [0.25, 0.3) is 33.5 Å². The molecule has 0 spiro atoms. The summed E-state index contributed by atoms with van der Waals surface area (Å²) in [6.07, 6.45) is -5.67. The van der Waals surface area contributed by atoms with Crippen LogP contribution in [0.4, 0.5) is 22.0 Å². The Morgan fingerprint density at radius 2 is 1.53 bits per heavy atom. The maximum absolute atomic E-state index is 13.0. The van der Waals surface area contributed by atoms with Crippen molar-refractivity contribution >= 4 is 11.0 Å². The second kappa shape index (κ2) is 8.39. The van der Waals surface area contributed by atoms with Gasteiger partial charge in [-0.15, -0.1) is 0 Å². The first kappa shape index (κ1) is 23.7. The van der Waals surface area contributed by atoms with E-state index in [9.17, 15) is 27.1 Å². The second-order valence-electron chi connectivity index (χ2n) is 8.44. The molecule has 4 nitrogen and oxygen atoms in total. The molecule has 4 aromatic rings. The Morgan fingerprint density at radius 1 is 0.882 bits per heavy atom. The van der Waals surface area contributed by atoms with Crippen molar-refractivity contribution in [2.45, 2.75) is 31.5 Å². The summed E-state index contributed by atoms with van der Waals surface area (Å²) < 4.78 is 67.6. The molecule has 0 saturated heterocycles. The summed E-state index contributed by atoms with van der Waals surface area (Å²) in [4.78, 5) is 7.71. The zero-order chi connectivity index (χ0) is 24.7. The van der Waals surface area contributed by atoms with Crippen molar-refractivity contribution in [3.63, 3.8) is 0 Å². The number of H-pyrrole nitrogens is 1. The highest BCUT2D eigenvalue weighted by Crippen LogP contribution is 2.36. The fourth-order valence-electron chi connectivity index (χ4n) is 3.55. The van der Waals surface area contributed by atoms with Gasteiger partial charge in [-0.3, -0.25) is 0 Å². The quantitative estimate of drug-likeness (QED) is 0.305. The van der Waals surface area contributed by atoms with Crippen LogP contribution in [0.15, 0.2) is 66.7 Å². The maximum Gasteiger partial charge on any atom is 0.456 e. The monoisotopic (exact) mass is 476 g/mol. The van der Waals surface area contributed by atoms with E-state index >= 15 is 0 Å². The lowest BCUT2D eigenvalue weighted by atomic mass is 9.89. The third-order valence-electron chi connectivity index (χ3n) is 5.34. The maximum atomic E-state index is 13.0. The molecule has 1 heterocycles. The second-order valence-corrected chi connectivity index (χ2v) is 8.44. The third-order valence-corrected chi connectivity index (χ3v) is 5.34. The summed E-state index contributed by atoms with van der Waals surface area (Å²) in [5.41, 5.74) is 3.54. The summed E-state index contributed by atoms with van der Waals surface area (Å²) in [5.74, 6) is -4.56. The molecule has 0 saturated carbocycles. The highest BCUT2D eigenvalue weighted by Gasteiger charge is 2.58. The molecule has 2 N–H and O–H groups in total.